The molecule has 1 fully saturated rings. The molecular weight excluding hydrogens is 569 g/mol. The number of imide groups is 1. The molecule has 0 bridgehead atoms. The van der Waals surface area contributed by atoms with Gasteiger partial charge in [0.15, 0.2) is 11.5 Å². The van der Waals surface area contributed by atoms with E-state index in [0.717, 1.165) is 16.7 Å². The first-order valence-corrected chi connectivity index (χ1v) is 12.7. The number of amides is 2. The number of nitrogens with zero attached hydrogens (tertiary/aromatic N) is 1. The highest BCUT2D eigenvalue weighted by Crippen LogP contribution is 2.39. The van der Waals surface area contributed by atoms with Crippen LogP contribution in [0.3, 0.4) is 0 Å². The van der Waals surface area contributed by atoms with Gasteiger partial charge in [-0.15, -0.1) is 0 Å². The molecule has 4 rings (SSSR count). The molecule has 3 aromatic rings. The summed E-state index contributed by atoms with van der Waals surface area (Å²) in [4.78, 5) is 38.3. The first-order chi connectivity index (χ1) is 17.8. The number of methoxy groups -OCH3 is 1. The number of thioether (sulfide) groups is 1. The van der Waals surface area contributed by atoms with Crippen molar-refractivity contribution in [1.29, 1.82) is 0 Å². The van der Waals surface area contributed by atoms with Crippen molar-refractivity contribution in [1.82, 2.24) is 4.90 Å². The van der Waals surface area contributed by atoms with Crippen molar-refractivity contribution in [3.8, 4) is 11.5 Å². The molecule has 2 amide bonds. The summed E-state index contributed by atoms with van der Waals surface area (Å²) >= 11 is 4.26. The fourth-order valence-corrected chi connectivity index (χ4v) is 4.69. The van der Waals surface area contributed by atoms with E-state index in [2.05, 4.69) is 20.7 Å². The van der Waals surface area contributed by atoms with Crippen LogP contribution in [0.25, 0.3) is 6.08 Å². The average Bonchev–Trinajstić information content (AvgIpc) is 3.46. The zero-order chi connectivity index (χ0) is 26.5. The van der Waals surface area contributed by atoms with Crippen molar-refractivity contribution in [2.24, 2.45) is 0 Å². The number of rotatable bonds is 9. The van der Waals surface area contributed by atoms with E-state index in [9.17, 15) is 18.8 Å². The van der Waals surface area contributed by atoms with Crippen LogP contribution in [-0.4, -0.2) is 35.7 Å². The van der Waals surface area contributed by atoms with E-state index in [1.807, 2.05) is 6.92 Å². The molecular formula is C26H21BrFNO7S. The van der Waals surface area contributed by atoms with Crippen LogP contribution in [0.5, 0.6) is 11.5 Å². The van der Waals surface area contributed by atoms with Crippen LogP contribution in [0.15, 0.2) is 62.3 Å². The lowest BCUT2D eigenvalue weighted by Gasteiger charge is -2.14. The summed E-state index contributed by atoms with van der Waals surface area (Å²) in [7, 11) is 1.22. The third-order valence-electron chi connectivity index (χ3n) is 5.23. The summed E-state index contributed by atoms with van der Waals surface area (Å²) in [5.74, 6) is -0.500. The number of furan rings is 1. The summed E-state index contributed by atoms with van der Waals surface area (Å²) in [5, 5.41) is -0.474. The minimum absolute atomic E-state index is 0.00188. The van der Waals surface area contributed by atoms with Gasteiger partial charge in [0.05, 0.1) is 25.2 Å². The Bertz CT molecular complexity index is 1390. The second-order valence-corrected chi connectivity index (χ2v) is 9.51. The molecule has 2 heterocycles. The van der Waals surface area contributed by atoms with Crippen LogP contribution >= 0.6 is 27.7 Å². The molecule has 2 aromatic carbocycles. The van der Waals surface area contributed by atoms with Gasteiger partial charge in [-0.25, -0.2) is 9.18 Å². The molecule has 0 atom stereocenters. The third kappa shape index (κ3) is 6.05. The van der Waals surface area contributed by atoms with E-state index >= 15 is 0 Å². The lowest BCUT2D eigenvalue weighted by Crippen LogP contribution is -2.27. The normalized spacial score (nSPS) is 14.4. The lowest BCUT2D eigenvalue weighted by molar-refractivity contribution is -0.123. The van der Waals surface area contributed by atoms with Gasteiger partial charge in [0, 0.05) is 10.0 Å². The number of carbonyl (C=O) groups is 3. The number of halogens is 2. The number of hydrogen-bond donors (Lipinski definition) is 0. The van der Waals surface area contributed by atoms with Gasteiger partial charge in [0.2, 0.25) is 5.76 Å². The van der Waals surface area contributed by atoms with Crippen molar-refractivity contribution in [2.75, 3.05) is 13.7 Å². The predicted octanol–water partition coefficient (Wildman–Crippen LogP) is 6.18. The van der Waals surface area contributed by atoms with Gasteiger partial charge in [-0.2, -0.15) is 0 Å². The Kier molecular flexibility index (Phi) is 8.34. The number of ether oxygens (including phenoxy) is 3. The Morgan fingerprint density at radius 2 is 1.89 bits per heavy atom. The molecule has 37 heavy (non-hydrogen) atoms. The predicted molar refractivity (Wildman–Crippen MR) is 138 cm³/mol. The Labute approximate surface area is 224 Å². The maximum absolute atomic E-state index is 14.0. The van der Waals surface area contributed by atoms with E-state index in [1.165, 1.54) is 25.3 Å². The third-order valence-corrected chi connectivity index (χ3v) is 6.82. The zero-order valence-electron chi connectivity index (χ0n) is 19.8. The van der Waals surface area contributed by atoms with Crippen LogP contribution in [0.2, 0.25) is 0 Å². The molecule has 192 valence electrons. The molecule has 0 unspecified atom stereocenters. The van der Waals surface area contributed by atoms with Gasteiger partial charge < -0.3 is 18.6 Å². The molecule has 1 aromatic heterocycles. The topological polar surface area (TPSA) is 95.3 Å². The van der Waals surface area contributed by atoms with Gasteiger partial charge in [-0.1, -0.05) is 34.1 Å². The first kappa shape index (κ1) is 26.5. The molecule has 1 saturated heterocycles. The maximum Gasteiger partial charge on any atom is 0.373 e. The molecule has 11 heteroatoms. The molecule has 0 spiro atoms. The van der Waals surface area contributed by atoms with Crippen molar-refractivity contribution in [3.05, 3.63) is 86.4 Å². The van der Waals surface area contributed by atoms with Gasteiger partial charge in [-0.05, 0) is 60.7 Å². The monoisotopic (exact) mass is 589 g/mol. The molecule has 8 nitrogen and oxygen atoms in total. The maximum atomic E-state index is 14.0. The number of benzene rings is 2. The van der Waals surface area contributed by atoms with E-state index in [0.29, 0.717) is 33.7 Å². The highest BCUT2D eigenvalue weighted by atomic mass is 79.9. The number of carbonyl (C=O) groups excluding carboxylic acids is 3. The Hall–Kier alpha value is -3.57. The van der Waals surface area contributed by atoms with Crippen LogP contribution in [0, 0.1) is 5.82 Å². The number of hydrogen-bond acceptors (Lipinski definition) is 8. The summed E-state index contributed by atoms with van der Waals surface area (Å²) in [5.41, 5.74) is 0.979. The lowest BCUT2D eigenvalue weighted by atomic mass is 10.1. The van der Waals surface area contributed by atoms with E-state index in [1.54, 1.807) is 36.4 Å². The summed E-state index contributed by atoms with van der Waals surface area (Å²) in [6.07, 6.45) is 1.57. The molecule has 0 radical (unpaired) electrons. The Morgan fingerprint density at radius 1 is 1.14 bits per heavy atom. The molecule has 1 aliphatic heterocycles. The Balaban J connectivity index is 1.54. The van der Waals surface area contributed by atoms with Gasteiger partial charge >= 0.3 is 5.97 Å². The zero-order valence-corrected chi connectivity index (χ0v) is 22.2. The summed E-state index contributed by atoms with van der Waals surface area (Å²) < 4.78 is 36.1. The highest BCUT2D eigenvalue weighted by Gasteiger charge is 2.36. The largest absolute Gasteiger partial charge is 0.490 e. The molecule has 0 N–H and O–H groups in total. The minimum Gasteiger partial charge on any atom is -0.490 e. The van der Waals surface area contributed by atoms with Crippen LogP contribution in [-0.2, 0) is 22.7 Å². The van der Waals surface area contributed by atoms with Crippen LogP contribution < -0.4 is 9.47 Å². The van der Waals surface area contributed by atoms with Gasteiger partial charge in [-0.3, -0.25) is 14.5 Å². The molecule has 0 saturated carbocycles. The smallest absolute Gasteiger partial charge is 0.373 e. The molecule has 0 aliphatic carbocycles. The second-order valence-electron chi connectivity index (χ2n) is 7.66. The van der Waals surface area contributed by atoms with Crippen LogP contribution in [0.4, 0.5) is 9.18 Å². The number of esters is 1. The van der Waals surface area contributed by atoms with Gasteiger partial charge in [0.25, 0.3) is 11.1 Å². The SMILES string of the molecule is CCOc1cc(/C=C2/SC(=O)N(Cc3ccc(C(=O)OC)o3)C2=O)c(Br)cc1OCc1ccccc1F. The average molecular weight is 590 g/mol. The molecule has 1 aliphatic rings. The fourth-order valence-electron chi connectivity index (χ4n) is 3.42. The van der Waals surface area contributed by atoms with Crippen molar-refractivity contribution >= 4 is 50.9 Å². The van der Waals surface area contributed by atoms with E-state index in [4.69, 9.17) is 13.9 Å². The van der Waals surface area contributed by atoms with E-state index < -0.39 is 17.1 Å². The minimum atomic E-state index is -0.656. The van der Waals surface area contributed by atoms with Crippen molar-refractivity contribution in [3.63, 3.8) is 0 Å². The quantitative estimate of drug-likeness (QED) is 0.215. The standard InChI is InChI=1S/C26H21BrFNO7S/c1-3-34-21-10-16(18(27)12-22(21)35-14-15-6-4-5-7-19(15)28)11-23-24(30)29(26(32)37-23)13-17-8-9-20(36-17)25(31)33-2/h4-12H,3,13-14H2,1-2H3/b23-11+. The van der Waals surface area contributed by atoms with E-state index in [-0.39, 0.29) is 35.4 Å². The Morgan fingerprint density at radius 3 is 2.62 bits per heavy atom. The van der Waals surface area contributed by atoms with Crippen molar-refractivity contribution in [2.45, 2.75) is 20.1 Å². The summed E-state index contributed by atoms with van der Waals surface area (Å²) in [6, 6.07) is 12.6. The fraction of sp³-hybridized carbons (Fsp3) is 0.192. The highest BCUT2D eigenvalue weighted by molar-refractivity contribution is 9.10. The van der Waals surface area contributed by atoms with Gasteiger partial charge in [0.1, 0.15) is 18.2 Å². The second kappa shape index (κ2) is 11.7. The van der Waals surface area contributed by atoms with Crippen molar-refractivity contribution < 1.29 is 37.4 Å². The summed E-state index contributed by atoms with van der Waals surface area (Å²) in [6.45, 7) is 2.04. The van der Waals surface area contributed by atoms with Crippen LogP contribution in [0.1, 0.15) is 34.4 Å². The first-order valence-electron chi connectivity index (χ1n) is 11.1.